The van der Waals surface area contributed by atoms with Crippen LogP contribution in [0.1, 0.15) is 54.0 Å². The van der Waals surface area contributed by atoms with Gasteiger partial charge < -0.3 is 14.2 Å². The van der Waals surface area contributed by atoms with Crippen LogP contribution in [0.3, 0.4) is 0 Å². The van der Waals surface area contributed by atoms with Crippen LogP contribution >= 0.6 is 10.8 Å². The molecule has 0 bridgehead atoms. The molecule has 0 radical (unpaired) electrons. The Morgan fingerprint density at radius 3 is 2.63 bits per heavy atom. The van der Waals surface area contributed by atoms with Crippen LogP contribution in [0.2, 0.25) is 0 Å². The Hall–Kier alpha value is -3.04. The van der Waals surface area contributed by atoms with E-state index in [1.165, 1.54) is 0 Å². The first-order valence-electron chi connectivity index (χ1n) is 12.8. The average Bonchev–Trinajstić information content (AvgIpc) is 2.97. The first kappa shape index (κ1) is 28.0. The van der Waals surface area contributed by atoms with E-state index in [0.29, 0.717) is 30.3 Å². The molecule has 0 spiro atoms. The summed E-state index contributed by atoms with van der Waals surface area (Å²) in [6.07, 6.45) is -0.0501. The molecule has 7 nitrogen and oxygen atoms in total. The highest BCUT2D eigenvalue weighted by Crippen LogP contribution is 2.57. The molecule has 4 rings (SSSR count). The van der Waals surface area contributed by atoms with Crippen molar-refractivity contribution in [3.8, 4) is 11.5 Å². The first-order valence-corrected chi connectivity index (χ1v) is 14.3. The van der Waals surface area contributed by atoms with Crippen molar-refractivity contribution in [3.05, 3.63) is 88.5 Å². The van der Waals surface area contributed by atoms with Gasteiger partial charge in [-0.25, -0.2) is 0 Å². The molecule has 0 aliphatic carbocycles. The second-order valence-corrected chi connectivity index (χ2v) is 11.6. The molecule has 1 aliphatic rings. The molecule has 2 N–H and O–H groups in total. The topological polar surface area (TPSA) is 88.5 Å². The third-order valence-electron chi connectivity index (χ3n) is 7.01. The Morgan fingerprint density at radius 1 is 1.13 bits per heavy atom. The number of methoxy groups -OCH3 is 1. The molecule has 1 heterocycles. The van der Waals surface area contributed by atoms with E-state index in [1.807, 2.05) is 57.2 Å². The summed E-state index contributed by atoms with van der Waals surface area (Å²) in [7, 11) is -1.64. The Kier molecular flexibility index (Phi) is 8.67. The summed E-state index contributed by atoms with van der Waals surface area (Å²) in [6, 6.07) is 19.1. The number of aryl methyl sites for hydroxylation is 1. The van der Waals surface area contributed by atoms with Crippen molar-refractivity contribution in [3.63, 3.8) is 0 Å². The van der Waals surface area contributed by atoms with Gasteiger partial charge in [-0.05, 0) is 73.7 Å². The molecule has 1 aliphatic heterocycles. The second kappa shape index (κ2) is 11.8. The Morgan fingerprint density at radius 2 is 1.89 bits per heavy atom. The zero-order chi connectivity index (χ0) is 27.4. The van der Waals surface area contributed by atoms with Gasteiger partial charge in [0, 0.05) is 12.5 Å². The predicted octanol–water partition coefficient (Wildman–Crippen LogP) is 6.70. The fraction of sp³-hybridized carbons (Fsp3) is 0.367. The number of hydrogen-bond acceptors (Lipinski definition) is 7. The van der Waals surface area contributed by atoms with Crippen molar-refractivity contribution in [2.45, 2.75) is 57.6 Å². The van der Waals surface area contributed by atoms with E-state index in [4.69, 9.17) is 14.2 Å². The first-order chi connectivity index (χ1) is 18.1. The number of hydrogen-bond donors (Lipinski definition) is 2. The summed E-state index contributed by atoms with van der Waals surface area (Å²) in [5.41, 5.74) is 4.87. The summed E-state index contributed by atoms with van der Waals surface area (Å²) < 4.78 is 41.3. The summed E-state index contributed by atoms with van der Waals surface area (Å²) in [4.78, 5) is 13.1. The minimum absolute atomic E-state index is 0.182. The highest BCUT2D eigenvalue weighted by Gasteiger charge is 2.34. The number of esters is 1. The summed E-state index contributed by atoms with van der Waals surface area (Å²) in [5, 5.41) is 0. The highest BCUT2D eigenvalue weighted by molar-refractivity contribution is 8.22. The standard InChI is InChI=1S/C30H37NO6S/c1-6-36-30(32)17-26(25-10-9-12-27(35-5)22(25)4)23-15-14-20(2)24(16-23)19-31-18-21(3)37-28-11-7-8-13-29(28)38(31,33)34/h7-16,21,26,33-34H,6,17-19H2,1-5H3. The highest BCUT2D eigenvalue weighted by atomic mass is 32.3. The minimum atomic E-state index is -3.28. The molecule has 0 saturated carbocycles. The molecule has 38 heavy (non-hydrogen) atoms. The average molecular weight is 540 g/mol. The van der Waals surface area contributed by atoms with Gasteiger partial charge >= 0.3 is 5.97 Å². The number of rotatable bonds is 8. The van der Waals surface area contributed by atoms with Crippen molar-refractivity contribution < 1.29 is 28.1 Å². The Bertz CT molecular complexity index is 1290. The van der Waals surface area contributed by atoms with Gasteiger partial charge in [0.05, 0.1) is 26.7 Å². The molecular formula is C30H37NO6S. The number of ether oxygens (including phenoxy) is 3. The zero-order valence-electron chi connectivity index (χ0n) is 22.6. The predicted molar refractivity (Wildman–Crippen MR) is 150 cm³/mol. The van der Waals surface area contributed by atoms with Crippen LogP contribution in [0, 0.1) is 13.8 Å². The lowest BCUT2D eigenvalue weighted by atomic mass is 9.84. The van der Waals surface area contributed by atoms with Crippen LogP contribution in [-0.2, 0) is 16.1 Å². The smallest absolute Gasteiger partial charge is 0.306 e. The molecule has 2 unspecified atom stereocenters. The maximum absolute atomic E-state index is 12.7. The maximum atomic E-state index is 12.7. The fourth-order valence-corrected chi connectivity index (χ4v) is 6.67. The van der Waals surface area contributed by atoms with Gasteiger partial charge in [0.1, 0.15) is 22.5 Å². The molecule has 204 valence electrons. The third kappa shape index (κ3) is 5.83. The Balaban J connectivity index is 1.74. The fourth-order valence-electron chi connectivity index (χ4n) is 5.00. The number of benzene rings is 3. The van der Waals surface area contributed by atoms with E-state index in [1.54, 1.807) is 36.5 Å². The molecule has 3 aromatic rings. The molecular weight excluding hydrogens is 502 g/mol. The number of para-hydroxylation sites is 1. The summed E-state index contributed by atoms with van der Waals surface area (Å²) in [6.45, 7) is 8.71. The summed E-state index contributed by atoms with van der Waals surface area (Å²) in [5.74, 6) is 0.730. The van der Waals surface area contributed by atoms with Crippen molar-refractivity contribution in [2.24, 2.45) is 0 Å². The lowest BCUT2D eigenvalue weighted by molar-refractivity contribution is -0.143. The lowest BCUT2D eigenvalue weighted by Gasteiger charge is -2.42. The van der Waals surface area contributed by atoms with Crippen molar-refractivity contribution >= 4 is 16.7 Å². The largest absolute Gasteiger partial charge is 0.496 e. The SMILES string of the molecule is CCOC(=O)CC(c1ccc(C)c(CN2CC(C)Oc3ccccc3S2(O)O)c1)c1cccc(OC)c1C. The van der Waals surface area contributed by atoms with Crippen molar-refractivity contribution in [2.75, 3.05) is 20.3 Å². The van der Waals surface area contributed by atoms with Crippen LogP contribution in [0.25, 0.3) is 0 Å². The molecule has 3 aromatic carbocycles. The van der Waals surface area contributed by atoms with E-state index in [0.717, 1.165) is 33.6 Å². The molecule has 8 heteroatoms. The van der Waals surface area contributed by atoms with E-state index in [9.17, 15) is 13.9 Å². The maximum Gasteiger partial charge on any atom is 0.306 e. The molecule has 0 fully saturated rings. The van der Waals surface area contributed by atoms with Gasteiger partial charge in [0.25, 0.3) is 0 Å². The normalized spacial score (nSPS) is 18.4. The minimum Gasteiger partial charge on any atom is -0.496 e. The van der Waals surface area contributed by atoms with Crippen LogP contribution in [0.5, 0.6) is 11.5 Å². The molecule has 0 saturated heterocycles. The zero-order valence-corrected chi connectivity index (χ0v) is 23.5. The van der Waals surface area contributed by atoms with E-state index < -0.39 is 10.8 Å². The van der Waals surface area contributed by atoms with Crippen LogP contribution in [0.15, 0.2) is 65.6 Å². The number of carbonyl (C=O) groups is 1. The molecule has 0 aromatic heterocycles. The third-order valence-corrected chi connectivity index (χ3v) is 8.94. The van der Waals surface area contributed by atoms with Crippen LogP contribution in [-0.4, -0.2) is 45.7 Å². The van der Waals surface area contributed by atoms with Gasteiger partial charge in [-0.3, -0.25) is 13.9 Å². The van der Waals surface area contributed by atoms with Gasteiger partial charge in [0.2, 0.25) is 0 Å². The van der Waals surface area contributed by atoms with Crippen molar-refractivity contribution in [1.29, 1.82) is 0 Å². The van der Waals surface area contributed by atoms with Gasteiger partial charge in [-0.1, -0.05) is 42.5 Å². The monoisotopic (exact) mass is 539 g/mol. The number of fused-ring (bicyclic) bond motifs is 1. The second-order valence-electron chi connectivity index (χ2n) is 9.64. The van der Waals surface area contributed by atoms with Crippen molar-refractivity contribution in [1.82, 2.24) is 4.31 Å². The lowest BCUT2D eigenvalue weighted by Crippen LogP contribution is -2.33. The number of nitrogens with zero attached hydrogens (tertiary/aromatic N) is 1. The van der Waals surface area contributed by atoms with Gasteiger partial charge in [-0.2, -0.15) is 4.31 Å². The molecule has 0 amide bonds. The van der Waals surface area contributed by atoms with Crippen LogP contribution < -0.4 is 9.47 Å². The van der Waals surface area contributed by atoms with E-state index in [-0.39, 0.29) is 24.4 Å². The van der Waals surface area contributed by atoms with Crippen LogP contribution in [0.4, 0.5) is 0 Å². The number of carbonyl (C=O) groups excluding carboxylic acids is 1. The van der Waals surface area contributed by atoms with E-state index in [2.05, 4.69) is 6.07 Å². The van der Waals surface area contributed by atoms with Gasteiger partial charge in [-0.15, -0.1) is 10.8 Å². The van der Waals surface area contributed by atoms with Gasteiger partial charge in [0.15, 0.2) is 0 Å². The molecule has 2 atom stereocenters. The van der Waals surface area contributed by atoms with E-state index >= 15 is 0 Å². The Labute approximate surface area is 226 Å². The quantitative estimate of drug-likeness (QED) is 0.308. The summed E-state index contributed by atoms with van der Waals surface area (Å²) >= 11 is 0.